The molecule has 1 heterocycles. The number of para-hydroxylation sites is 1. The summed E-state index contributed by atoms with van der Waals surface area (Å²) in [6, 6.07) is 25.4. The Hall–Kier alpha value is -3.09. The van der Waals surface area contributed by atoms with Crippen molar-refractivity contribution in [2.24, 2.45) is 0 Å². The number of anilines is 1. The predicted octanol–water partition coefficient (Wildman–Crippen LogP) is 6.41. The van der Waals surface area contributed by atoms with Gasteiger partial charge in [0.05, 0.1) is 0 Å². The van der Waals surface area contributed by atoms with Crippen LogP contribution in [-0.2, 0) is 4.79 Å². The third-order valence-corrected chi connectivity index (χ3v) is 6.13. The lowest BCUT2D eigenvalue weighted by atomic mass is 10.2. The van der Waals surface area contributed by atoms with Gasteiger partial charge in [0.25, 0.3) is 0 Å². The van der Waals surface area contributed by atoms with Gasteiger partial charge in [0, 0.05) is 34.1 Å². The lowest BCUT2D eigenvalue weighted by Crippen LogP contribution is -2.11. The summed E-state index contributed by atoms with van der Waals surface area (Å²) in [5, 5.41) is 13.3. The van der Waals surface area contributed by atoms with E-state index in [4.69, 9.17) is 11.6 Å². The molecule has 0 bridgehead atoms. The Balaban J connectivity index is 1.42. The number of halogens is 1. The van der Waals surface area contributed by atoms with Crippen molar-refractivity contribution in [2.45, 2.75) is 24.9 Å². The third kappa shape index (κ3) is 5.58. The molecule has 0 radical (unpaired) electrons. The van der Waals surface area contributed by atoms with Gasteiger partial charge in [-0.1, -0.05) is 59.3 Å². The molecule has 0 aliphatic rings. The van der Waals surface area contributed by atoms with Crippen LogP contribution in [-0.4, -0.2) is 26.4 Å². The summed E-state index contributed by atoms with van der Waals surface area (Å²) >= 11 is 7.64. The summed E-state index contributed by atoms with van der Waals surface area (Å²) in [6.07, 6.45) is 1.19. The second-order valence-corrected chi connectivity index (χ2v) is 8.85. The molecule has 0 aliphatic carbocycles. The molecule has 0 atom stereocenters. The van der Waals surface area contributed by atoms with Gasteiger partial charge < -0.3 is 5.32 Å². The van der Waals surface area contributed by atoms with Gasteiger partial charge in [0.1, 0.15) is 0 Å². The van der Waals surface area contributed by atoms with Crippen molar-refractivity contribution < 1.29 is 4.79 Å². The molecular weight excluding hydrogens is 440 g/mol. The molecule has 1 amide bonds. The number of aryl methyl sites for hydroxylation is 1. The number of carbonyl (C=O) groups excluding carboxylic acids is 1. The van der Waals surface area contributed by atoms with E-state index in [0.29, 0.717) is 11.4 Å². The summed E-state index contributed by atoms with van der Waals surface area (Å²) in [5.41, 5.74) is 3.92. The first-order chi connectivity index (χ1) is 15.6. The van der Waals surface area contributed by atoms with Crippen molar-refractivity contribution in [3.05, 3.63) is 89.4 Å². The molecule has 0 fully saturated rings. The zero-order chi connectivity index (χ0) is 22.3. The highest BCUT2D eigenvalue weighted by Gasteiger charge is 2.16. The number of nitrogens with one attached hydrogen (secondary N) is 1. The summed E-state index contributed by atoms with van der Waals surface area (Å²) in [4.78, 5) is 12.2. The topological polar surface area (TPSA) is 59.8 Å². The fraction of sp³-hybridized carbons (Fsp3) is 0.160. The lowest BCUT2D eigenvalue weighted by Gasteiger charge is -2.10. The second-order valence-electron chi connectivity index (χ2n) is 7.35. The maximum absolute atomic E-state index is 12.2. The Bertz CT molecular complexity index is 1180. The van der Waals surface area contributed by atoms with E-state index >= 15 is 0 Å². The summed E-state index contributed by atoms with van der Waals surface area (Å²) < 4.78 is 2.04. The van der Waals surface area contributed by atoms with Gasteiger partial charge >= 0.3 is 0 Å². The van der Waals surface area contributed by atoms with E-state index in [1.807, 2.05) is 90.4 Å². The van der Waals surface area contributed by atoms with E-state index in [0.717, 1.165) is 40.1 Å². The molecule has 0 aliphatic heterocycles. The third-order valence-electron chi connectivity index (χ3n) is 4.86. The molecule has 0 saturated heterocycles. The molecule has 3 aromatic carbocycles. The number of rotatable bonds is 8. The van der Waals surface area contributed by atoms with E-state index in [1.165, 1.54) is 5.56 Å². The smallest absolute Gasteiger partial charge is 0.224 e. The summed E-state index contributed by atoms with van der Waals surface area (Å²) in [5.74, 6) is 1.53. The standard InChI is InChI=1S/C25H23ClN4OS/c1-18-9-15-21(16-10-18)27-23(31)8-5-17-32-25-29-28-24(19-11-13-20(26)14-12-19)30(25)22-6-3-2-4-7-22/h2-4,6-7,9-16H,5,8,17H2,1H3,(H,27,31). The minimum absolute atomic E-state index is 0.0147. The Morgan fingerprint density at radius 2 is 1.69 bits per heavy atom. The Labute approximate surface area is 196 Å². The van der Waals surface area contributed by atoms with Crippen LogP contribution in [0.2, 0.25) is 5.02 Å². The van der Waals surface area contributed by atoms with Crippen LogP contribution in [0.1, 0.15) is 18.4 Å². The number of benzene rings is 3. The van der Waals surface area contributed by atoms with Gasteiger partial charge in [0.15, 0.2) is 11.0 Å². The minimum Gasteiger partial charge on any atom is -0.326 e. The SMILES string of the molecule is Cc1ccc(NC(=O)CCCSc2nnc(-c3ccc(Cl)cc3)n2-c2ccccc2)cc1. The summed E-state index contributed by atoms with van der Waals surface area (Å²) in [7, 11) is 0. The molecule has 4 aromatic rings. The van der Waals surface area contributed by atoms with Crippen LogP contribution < -0.4 is 5.32 Å². The Morgan fingerprint density at radius 1 is 0.969 bits per heavy atom. The number of carbonyl (C=O) groups is 1. The quantitative estimate of drug-likeness (QED) is 0.243. The average Bonchev–Trinajstić information content (AvgIpc) is 3.23. The average molecular weight is 463 g/mol. The molecule has 5 nitrogen and oxygen atoms in total. The van der Waals surface area contributed by atoms with E-state index < -0.39 is 0 Å². The first-order valence-electron chi connectivity index (χ1n) is 10.4. The second kappa shape index (κ2) is 10.5. The molecule has 7 heteroatoms. The number of aromatic nitrogens is 3. The number of amides is 1. The van der Waals surface area contributed by atoms with Crippen LogP contribution in [0.25, 0.3) is 17.1 Å². The van der Waals surface area contributed by atoms with Crippen LogP contribution >= 0.6 is 23.4 Å². The Morgan fingerprint density at radius 3 is 2.41 bits per heavy atom. The molecule has 0 saturated carbocycles. The van der Waals surface area contributed by atoms with E-state index in [-0.39, 0.29) is 5.91 Å². The monoisotopic (exact) mass is 462 g/mol. The number of hydrogen-bond acceptors (Lipinski definition) is 4. The fourth-order valence-electron chi connectivity index (χ4n) is 3.22. The van der Waals surface area contributed by atoms with Gasteiger partial charge in [-0.05, 0) is 61.9 Å². The van der Waals surface area contributed by atoms with E-state index in [9.17, 15) is 4.79 Å². The molecular formula is C25H23ClN4OS. The number of hydrogen-bond donors (Lipinski definition) is 1. The highest BCUT2D eigenvalue weighted by atomic mass is 35.5. The van der Waals surface area contributed by atoms with Crippen LogP contribution in [0.5, 0.6) is 0 Å². The van der Waals surface area contributed by atoms with Gasteiger partial charge in [-0.25, -0.2) is 0 Å². The van der Waals surface area contributed by atoms with Crippen molar-refractivity contribution in [1.29, 1.82) is 0 Å². The zero-order valence-electron chi connectivity index (χ0n) is 17.7. The molecule has 0 spiro atoms. The molecule has 162 valence electrons. The van der Waals surface area contributed by atoms with Crippen molar-refractivity contribution in [3.8, 4) is 17.1 Å². The molecule has 1 N–H and O–H groups in total. The molecule has 1 aromatic heterocycles. The molecule has 4 rings (SSSR count). The van der Waals surface area contributed by atoms with Gasteiger partial charge in [-0.3, -0.25) is 9.36 Å². The maximum atomic E-state index is 12.2. The van der Waals surface area contributed by atoms with Crippen LogP contribution in [0.4, 0.5) is 5.69 Å². The predicted molar refractivity (Wildman–Crippen MR) is 132 cm³/mol. The largest absolute Gasteiger partial charge is 0.326 e. The van der Waals surface area contributed by atoms with Crippen molar-refractivity contribution >= 4 is 35.0 Å². The Kier molecular flexibility index (Phi) is 7.24. The van der Waals surface area contributed by atoms with Gasteiger partial charge in [-0.15, -0.1) is 10.2 Å². The lowest BCUT2D eigenvalue weighted by molar-refractivity contribution is -0.116. The highest BCUT2D eigenvalue weighted by Crippen LogP contribution is 2.29. The van der Waals surface area contributed by atoms with Crippen molar-refractivity contribution in [1.82, 2.24) is 14.8 Å². The highest BCUT2D eigenvalue weighted by molar-refractivity contribution is 7.99. The molecule has 32 heavy (non-hydrogen) atoms. The van der Waals surface area contributed by atoms with Gasteiger partial charge in [0.2, 0.25) is 5.91 Å². The fourth-order valence-corrected chi connectivity index (χ4v) is 4.23. The van der Waals surface area contributed by atoms with Crippen molar-refractivity contribution in [3.63, 3.8) is 0 Å². The first-order valence-corrected chi connectivity index (χ1v) is 11.7. The number of thioether (sulfide) groups is 1. The normalized spacial score (nSPS) is 10.8. The van der Waals surface area contributed by atoms with E-state index in [1.54, 1.807) is 11.8 Å². The van der Waals surface area contributed by atoms with Crippen LogP contribution in [0.3, 0.4) is 0 Å². The van der Waals surface area contributed by atoms with E-state index in [2.05, 4.69) is 15.5 Å². The number of nitrogens with zero attached hydrogens (tertiary/aromatic N) is 3. The zero-order valence-corrected chi connectivity index (χ0v) is 19.2. The van der Waals surface area contributed by atoms with Crippen LogP contribution in [0, 0.1) is 6.92 Å². The first kappa shape index (κ1) is 22.1. The van der Waals surface area contributed by atoms with Gasteiger partial charge in [-0.2, -0.15) is 0 Å². The van der Waals surface area contributed by atoms with Crippen LogP contribution in [0.15, 0.2) is 84.0 Å². The van der Waals surface area contributed by atoms with Crippen molar-refractivity contribution in [2.75, 3.05) is 11.1 Å². The molecule has 0 unspecified atom stereocenters. The maximum Gasteiger partial charge on any atom is 0.224 e. The minimum atomic E-state index is 0.0147. The summed E-state index contributed by atoms with van der Waals surface area (Å²) in [6.45, 7) is 2.02.